The van der Waals surface area contributed by atoms with Crippen molar-refractivity contribution in [3.05, 3.63) is 35.0 Å². The number of nitrogens with zero attached hydrogens (tertiary/aromatic N) is 5. The first kappa shape index (κ1) is 20.8. The summed E-state index contributed by atoms with van der Waals surface area (Å²) in [6.45, 7) is 2.87. The second kappa shape index (κ2) is 7.64. The molecular formula is C25H32N6O2. The molecule has 0 aromatic carbocycles. The van der Waals surface area contributed by atoms with Gasteiger partial charge in [0.2, 0.25) is 5.91 Å². The molecule has 8 nitrogen and oxygen atoms in total. The van der Waals surface area contributed by atoms with E-state index in [4.69, 9.17) is 0 Å². The highest BCUT2D eigenvalue weighted by molar-refractivity contribution is 5.93. The van der Waals surface area contributed by atoms with Gasteiger partial charge in [0.25, 0.3) is 5.91 Å². The van der Waals surface area contributed by atoms with Gasteiger partial charge in [-0.05, 0) is 81.1 Å². The van der Waals surface area contributed by atoms with Crippen molar-refractivity contribution >= 4 is 17.6 Å². The van der Waals surface area contributed by atoms with Gasteiger partial charge in [0.15, 0.2) is 0 Å². The Labute approximate surface area is 194 Å². The standard InChI is InChI=1S/C25H32N6O2/c1-15-5-21(30(2)29-15)24(33)31-4-3-19-20(13-31)26-14-27-23(19)28-22(32)12-25-9-16-6-17(10-25)8-18(7-16)11-25/h5,14,16-18H,3-4,6-13H2,1-2H3,(H,26,27,28,32). The number of aryl methyl sites for hydroxylation is 2. The van der Waals surface area contributed by atoms with E-state index in [-0.39, 0.29) is 17.2 Å². The van der Waals surface area contributed by atoms with E-state index in [0.29, 0.717) is 37.4 Å². The van der Waals surface area contributed by atoms with Gasteiger partial charge in [-0.15, -0.1) is 0 Å². The molecule has 4 fully saturated rings. The van der Waals surface area contributed by atoms with Crippen LogP contribution in [0.1, 0.15) is 72.4 Å². The maximum Gasteiger partial charge on any atom is 0.272 e. The molecule has 3 heterocycles. The number of aromatic nitrogens is 4. The van der Waals surface area contributed by atoms with Crippen LogP contribution < -0.4 is 5.32 Å². The second-order valence-electron chi connectivity index (χ2n) is 11.1. The lowest BCUT2D eigenvalue weighted by atomic mass is 9.49. The number of hydrogen-bond donors (Lipinski definition) is 1. The first-order chi connectivity index (χ1) is 15.9. The van der Waals surface area contributed by atoms with Crippen LogP contribution in [-0.4, -0.2) is 43.0 Å². The van der Waals surface area contributed by atoms with Crippen LogP contribution in [0, 0.1) is 30.1 Å². The third-order valence-corrected chi connectivity index (χ3v) is 8.47. The molecule has 0 radical (unpaired) electrons. The summed E-state index contributed by atoms with van der Waals surface area (Å²) < 4.78 is 1.63. The highest BCUT2D eigenvalue weighted by atomic mass is 16.2. The van der Waals surface area contributed by atoms with Crippen molar-refractivity contribution in [2.24, 2.45) is 30.2 Å². The fourth-order valence-corrected chi connectivity index (χ4v) is 7.63. The quantitative estimate of drug-likeness (QED) is 0.775. The monoisotopic (exact) mass is 448 g/mol. The maximum absolute atomic E-state index is 13.1. The molecule has 33 heavy (non-hydrogen) atoms. The minimum atomic E-state index is -0.0465. The van der Waals surface area contributed by atoms with Gasteiger partial charge in [-0.1, -0.05) is 0 Å². The van der Waals surface area contributed by atoms with Crippen LogP contribution in [0.15, 0.2) is 12.4 Å². The number of carbonyl (C=O) groups is 2. The predicted octanol–water partition coefficient (Wildman–Crippen LogP) is 3.26. The molecule has 4 saturated carbocycles. The van der Waals surface area contributed by atoms with E-state index in [1.807, 2.05) is 13.0 Å². The van der Waals surface area contributed by atoms with E-state index >= 15 is 0 Å². The minimum absolute atomic E-state index is 0.0465. The van der Waals surface area contributed by atoms with Crippen molar-refractivity contribution in [3.63, 3.8) is 0 Å². The summed E-state index contributed by atoms with van der Waals surface area (Å²) in [6, 6.07) is 1.81. The average Bonchev–Trinajstić information content (AvgIpc) is 3.09. The molecule has 4 bridgehead atoms. The van der Waals surface area contributed by atoms with Crippen LogP contribution in [-0.2, 0) is 24.8 Å². The Hall–Kier alpha value is -2.77. The third-order valence-electron chi connectivity index (χ3n) is 8.47. The lowest BCUT2D eigenvalue weighted by Gasteiger charge is -2.56. The van der Waals surface area contributed by atoms with E-state index in [1.165, 1.54) is 44.9 Å². The van der Waals surface area contributed by atoms with Crippen LogP contribution in [0.4, 0.5) is 5.82 Å². The van der Waals surface area contributed by atoms with Crippen molar-refractivity contribution in [1.82, 2.24) is 24.6 Å². The number of carbonyl (C=O) groups excluding carboxylic acids is 2. The van der Waals surface area contributed by atoms with Gasteiger partial charge in [0.1, 0.15) is 17.8 Å². The average molecular weight is 449 g/mol. The summed E-state index contributed by atoms with van der Waals surface area (Å²) in [6.07, 6.45) is 10.6. The Balaban J connectivity index is 1.15. The van der Waals surface area contributed by atoms with Gasteiger partial charge in [0, 0.05) is 25.6 Å². The fourth-order valence-electron chi connectivity index (χ4n) is 7.63. The van der Waals surface area contributed by atoms with Crippen molar-refractivity contribution in [3.8, 4) is 0 Å². The molecule has 0 atom stereocenters. The lowest BCUT2D eigenvalue weighted by molar-refractivity contribution is -0.124. The number of rotatable bonds is 4. The molecule has 0 spiro atoms. The summed E-state index contributed by atoms with van der Waals surface area (Å²) in [5.41, 5.74) is 3.38. The van der Waals surface area contributed by atoms with E-state index in [9.17, 15) is 9.59 Å². The second-order valence-corrected chi connectivity index (χ2v) is 11.1. The van der Waals surface area contributed by atoms with Crippen molar-refractivity contribution in [1.29, 1.82) is 0 Å². The van der Waals surface area contributed by atoms with Crippen molar-refractivity contribution < 1.29 is 9.59 Å². The molecular weight excluding hydrogens is 416 g/mol. The summed E-state index contributed by atoms with van der Waals surface area (Å²) in [5, 5.41) is 7.42. The van der Waals surface area contributed by atoms with Crippen LogP contribution in [0.3, 0.4) is 0 Å². The molecule has 1 N–H and O–H groups in total. The molecule has 174 valence electrons. The summed E-state index contributed by atoms with van der Waals surface area (Å²) in [5.74, 6) is 3.17. The van der Waals surface area contributed by atoms with E-state index in [0.717, 1.165) is 34.7 Å². The van der Waals surface area contributed by atoms with Gasteiger partial charge >= 0.3 is 0 Å². The van der Waals surface area contributed by atoms with Crippen molar-refractivity contribution in [2.45, 2.75) is 64.8 Å². The van der Waals surface area contributed by atoms with Crippen LogP contribution in [0.25, 0.3) is 0 Å². The van der Waals surface area contributed by atoms with Gasteiger partial charge in [-0.3, -0.25) is 14.3 Å². The summed E-state index contributed by atoms with van der Waals surface area (Å²) >= 11 is 0. The van der Waals surface area contributed by atoms with E-state index in [1.54, 1.807) is 16.6 Å². The largest absolute Gasteiger partial charge is 0.331 e. The fraction of sp³-hybridized carbons (Fsp3) is 0.640. The SMILES string of the molecule is Cc1cc(C(=O)N2CCc3c(ncnc3NC(=O)CC34CC5CC(CC(C5)C3)C4)C2)n(C)n1. The first-order valence-corrected chi connectivity index (χ1v) is 12.3. The molecule has 5 aliphatic rings. The predicted molar refractivity (Wildman–Crippen MR) is 122 cm³/mol. The maximum atomic E-state index is 13.1. The van der Waals surface area contributed by atoms with Crippen LogP contribution in [0.2, 0.25) is 0 Å². The zero-order valence-electron chi connectivity index (χ0n) is 19.5. The molecule has 1 aliphatic heterocycles. The molecule has 2 aromatic rings. The topological polar surface area (TPSA) is 93.0 Å². The zero-order valence-corrected chi connectivity index (χ0v) is 19.5. The smallest absolute Gasteiger partial charge is 0.272 e. The molecule has 2 aromatic heterocycles. The lowest BCUT2D eigenvalue weighted by Crippen LogP contribution is -2.47. The van der Waals surface area contributed by atoms with Gasteiger partial charge in [0.05, 0.1) is 17.9 Å². The van der Waals surface area contributed by atoms with Gasteiger partial charge in [-0.2, -0.15) is 5.10 Å². The van der Waals surface area contributed by atoms with Gasteiger partial charge in [-0.25, -0.2) is 9.97 Å². The zero-order chi connectivity index (χ0) is 22.7. The van der Waals surface area contributed by atoms with Gasteiger partial charge < -0.3 is 10.2 Å². The molecule has 4 aliphatic carbocycles. The molecule has 0 unspecified atom stereocenters. The number of amides is 2. The summed E-state index contributed by atoms with van der Waals surface area (Å²) in [4.78, 5) is 36.8. The Morgan fingerprint density at radius 2 is 1.82 bits per heavy atom. The van der Waals surface area contributed by atoms with Crippen LogP contribution >= 0.6 is 0 Å². The number of nitrogens with one attached hydrogen (secondary N) is 1. The Bertz CT molecular complexity index is 1090. The number of fused-ring (bicyclic) bond motifs is 1. The number of hydrogen-bond acceptors (Lipinski definition) is 5. The summed E-state index contributed by atoms with van der Waals surface area (Å²) in [7, 11) is 1.79. The third kappa shape index (κ3) is 3.73. The van der Waals surface area contributed by atoms with E-state index in [2.05, 4.69) is 20.4 Å². The number of anilines is 1. The molecule has 7 rings (SSSR count). The minimum Gasteiger partial charge on any atom is -0.331 e. The highest BCUT2D eigenvalue weighted by Crippen LogP contribution is 2.61. The van der Waals surface area contributed by atoms with Crippen LogP contribution in [0.5, 0.6) is 0 Å². The Morgan fingerprint density at radius 1 is 1.12 bits per heavy atom. The molecule has 0 saturated heterocycles. The highest BCUT2D eigenvalue weighted by Gasteiger charge is 2.51. The Morgan fingerprint density at radius 3 is 2.45 bits per heavy atom. The Kier molecular flexibility index (Phi) is 4.82. The molecule has 8 heteroatoms. The van der Waals surface area contributed by atoms with E-state index < -0.39 is 0 Å². The first-order valence-electron chi connectivity index (χ1n) is 12.3. The normalized spacial score (nSPS) is 29.8. The molecule has 2 amide bonds. The van der Waals surface area contributed by atoms with Crippen molar-refractivity contribution in [2.75, 3.05) is 11.9 Å².